The number of hydrogen-bond donors (Lipinski definition) is 2. The Hall–Kier alpha value is -0.760. The Morgan fingerprint density at radius 3 is 2.48 bits per heavy atom. The normalized spacial score (nSPS) is 16.5. The zero-order valence-electron chi connectivity index (χ0n) is 13.2. The molecule has 1 aliphatic rings. The van der Waals surface area contributed by atoms with Crippen LogP contribution in [0.5, 0.6) is 0 Å². The lowest BCUT2D eigenvalue weighted by Gasteiger charge is -2.25. The average Bonchev–Trinajstić information content (AvgIpc) is 3.12. The maximum Gasteiger partial charge on any atom is 0.191 e. The first-order valence-corrected chi connectivity index (χ1v) is 7.42. The molecule has 1 aromatic heterocycles. The third kappa shape index (κ3) is 6.25. The zero-order chi connectivity index (χ0) is 14.4. The van der Waals surface area contributed by atoms with Crippen LogP contribution in [-0.2, 0) is 6.54 Å². The number of nitrogens with one attached hydrogen (secondary N) is 2. The third-order valence-electron chi connectivity index (χ3n) is 3.86. The second-order valence-electron chi connectivity index (χ2n) is 5.67. The molecular formula is C15H28IN5. The van der Waals surface area contributed by atoms with Crippen LogP contribution in [0, 0.1) is 5.92 Å². The highest BCUT2D eigenvalue weighted by atomic mass is 127. The highest BCUT2D eigenvalue weighted by Gasteiger charge is 2.32. The zero-order valence-corrected chi connectivity index (χ0v) is 15.6. The summed E-state index contributed by atoms with van der Waals surface area (Å²) in [6.45, 7) is 2.79. The minimum absolute atomic E-state index is 0. The molecule has 0 spiro atoms. The SMILES string of the molecule is CN=C(NCCn1cccc1)NCC(C1CC1)N(C)C.I. The van der Waals surface area contributed by atoms with Gasteiger partial charge >= 0.3 is 0 Å². The lowest BCUT2D eigenvalue weighted by molar-refractivity contribution is 0.264. The lowest BCUT2D eigenvalue weighted by Crippen LogP contribution is -2.46. The Morgan fingerprint density at radius 1 is 1.29 bits per heavy atom. The van der Waals surface area contributed by atoms with Gasteiger partial charge in [0.15, 0.2) is 5.96 Å². The number of nitrogens with zero attached hydrogens (tertiary/aromatic N) is 3. The van der Waals surface area contributed by atoms with Crippen molar-refractivity contribution >= 4 is 29.9 Å². The number of hydrogen-bond acceptors (Lipinski definition) is 2. The van der Waals surface area contributed by atoms with Crippen LogP contribution in [0.25, 0.3) is 0 Å². The topological polar surface area (TPSA) is 44.6 Å². The highest BCUT2D eigenvalue weighted by Crippen LogP contribution is 2.34. The molecule has 1 unspecified atom stereocenters. The number of aliphatic imine (C=N–C) groups is 1. The van der Waals surface area contributed by atoms with E-state index in [9.17, 15) is 0 Å². The van der Waals surface area contributed by atoms with Crippen molar-refractivity contribution in [3.63, 3.8) is 0 Å². The van der Waals surface area contributed by atoms with Gasteiger partial charge in [-0.25, -0.2) is 0 Å². The Bertz CT molecular complexity index is 410. The quantitative estimate of drug-likeness (QED) is 0.412. The van der Waals surface area contributed by atoms with Crippen molar-refractivity contribution in [3.05, 3.63) is 24.5 Å². The van der Waals surface area contributed by atoms with E-state index in [0.717, 1.165) is 31.5 Å². The predicted octanol–water partition coefficient (Wildman–Crippen LogP) is 1.61. The van der Waals surface area contributed by atoms with Crippen molar-refractivity contribution < 1.29 is 0 Å². The van der Waals surface area contributed by atoms with E-state index < -0.39 is 0 Å². The molecule has 0 amide bonds. The fourth-order valence-corrected chi connectivity index (χ4v) is 2.50. The number of rotatable bonds is 7. The molecule has 5 nitrogen and oxygen atoms in total. The number of halogens is 1. The van der Waals surface area contributed by atoms with Crippen molar-refractivity contribution in [2.24, 2.45) is 10.9 Å². The number of aromatic nitrogens is 1. The van der Waals surface area contributed by atoms with E-state index in [1.807, 2.05) is 19.2 Å². The number of guanidine groups is 1. The smallest absolute Gasteiger partial charge is 0.191 e. The van der Waals surface area contributed by atoms with Gasteiger partial charge in [-0.1, -0.05) is 0 Å². The van der Waals surface area contributed by atoms with E-state index >= 15 is 0 Å². The lowest BCUT2D eigenvalue weighted by atomic mass is 10.1. The monoisotopic (exact) mass is 405 g/mol. The van der Waals surface area contributed by atoms with Gasteiger partial charge in [0.05, 0.1) is 0 Å². The van der Waals surface area contributed by atoms with Crippen LogP contribution in [-0.4, -0.2) is 55.7 Å². The van der Waals surface area contributed by atoms with E-state index in [1.165, 1.54) is 12.8 Å². The van der Waals surface area contributed by atoms with Gasteiger partial charge in [-0.3, -0.25) is 4.99 Å². The predicted molar refractivity (Wildman–Crippen MR) is 99.4 cm³/mol. The first-order valence-electron chi connectivity index (χ1n) is 7.42. The summed E-state index contributed by atoms with van der Waals surface area (Å²) in [5, 5.41) is 6.80. The van der Waals surface area contributed by atoms with Crippen molar-refractivity contribution in [3.8, 4) is 0 Å². The van der Waals surface area contributed by atoms with Gasteiger partial charge in [0.25, 0.3) is 0 Å². The molecule has 6 heteroatoms. The summed E-state index contributed by atoms with van der Waals surface area (Å²) in [6.07, 6.45) is 6.88. The molecule has 0 saturated heterocycles. The van der Waals surface area contributed by atoms with E-state index in [0.29, 0.717) is 6.04 Å². The minimum Gasteiger partial charge on any atom is -0.355 e. The van der Waals surface area contributed by atoms with Gasteiger partial charge < -0.3 is 20.1 Å². The molecular weight excluding hydrogens is 377 g/mol. The van der Waals surface area contributed by atoms with Crippen LogP contribution in [0.1, 0.15) is 12.8 Å². The van der Waals surface area contributed by atoms with Gasteiger partial charge in [0, 0.05) is 45.1 Å². The van der Waals surface area contributed by atoms with E-state index in [-0.39, 0.29) is 24.0 Å². The Balaban J connectivity index is 0.00000220. The average molecular weight is 405 g/mol. The van der Waals surface area contributed by atoms with Gasteiger partial charge in [0.2, 0.25) is 0 Å². The molecule has 1 aromatic rings. The summed E-state index contributed by atoms with van der Waals surface area (Å²) in [6, 6.07) is 4.70. The largest absolute Gasteiger partial charge is 0.355 e. The molecule has 1 heterocycles. The Labute approximate surface area is 145 Å². The second kappa shape index (κ2) is 9.30. The summed E-state index contributed by atoms with van der Waals surface area (Å²) < 4.78 is 2.16. The molecule has 2 rings (SSSR count). The number of likely N-dealkylation sites (N-methyl/N-ethyl adjacent to an activating group) is 1. The summed E-state index contributed by atoms with van der Waals surface area (Å²) in [5.41, 5.74) is 0. The van der Waals surface area contributed by atoms with Crippen LogP contribution in [0.4, 0.5) is 0 Å². The molecule has 120 valence electrons. The summed E-state index contributed by atoms with van der Waals surface area (Å²) in [7, 11) is 6.15. The fourth-order valence-electron chi connectivity index (χ4n) is 2.50. The highest BCUT2D eigenvalue weighted by molar-refractivity contribution is 14.0. The molecule has 21 heavy (non-hydrogen) atoms. The molecule has 1 atom stereocenters. The first kappa shape index (κ1) is 18.3. The van der Waals surface area contributed by atoms with Crippen molar-refractivity contribution in [1.82, 2.24) is 20.1 Å². The van der Waals surface area contributed by atoms with Crippen LogP contribution in [0.3, 0.4) is 0 Å². The van der Waals surface area contributed by atoms with Crippen LogP contribution < -0.4 is 10.6 Å². The molecule has 0 radical (unpaired) electrons. The molecule has 1 saturated carbocycles. The summed E-state index contributed by atoms with van der Waals surface area (Å²) in [4.78, 5) is 6.60. The van der Waals surface area contributed by atoms with E-state index in [1.54, 1.807) is 0 Å². The molecule has 2 N–H and O–H groups in total. The standard InChI is InChI=1S/C15H27N5.HI/c1-16-15(17-8-11-20-9-4-5-10-20)18-12-14(19(2)3)13-6-7-13;/h4-5,9-10,13-14H,6-8,11-12H2,1-3H3,(H2,16,17,18);1H. The van der Waals surface area contributed by atoms with Crippen LogP contribution >= 0.6 is 24.0 Å². The first-order chi connectivity index (χ1) is 9.70. The molecule has 0 aromatic carbocycles. The second-order valence-corrected chi connectivity index (χ2v) is 5.67. The Kier molecular flexibility index (Phi) is 8.10. The van der Waals surface area contributed by atoms with Crippen LogP contribution in [0.2, 0.25) is 0 Å². The molecule has 1 aliphatic carbocycles. The van der Waals surface area contributed by atoms with Gasteiger partial charge in [-0.15, -0.1) is 24.0 Å². The molecule has 0 bridgehead atoms. The van der Waals surface area contributed by atoms with Gasteiger partial charge in [-0.05, 0) is 45.0 Å². The van der Waals surface area contributed by atoms with Crippen molar-refractivity contribution in [2.75, 3.05) is 34.2 Å². The van der Waals surface area contributed by atoms with E-state index in [4.69, 9.17) is 0 Å². The Morgan fingerprint density at radius 2 is 1.95 bits per heavy atom. The molecule has 0 aliphatic heterocycles. The summed E-state index contributed by atoms with van der Waals surface area (Å²) >= 11 is 0. The van der Waals surface area contributed by atoms with Gasteiger partial charge in [-0.2, -0.15) is 0 Å². The van der Waals surface area contributed by atoms with Crippen molar-refractivity contribution in [2.45, 2.75) is 25.4 Å². The maximum atomic E-state index is 4.28. The van der Waals surface area contributed by atoms with Gasteiger partial charge in [0.1, 0.15) is 0 Å². The summed E-state index contributed by atoms with van der Waals surface area (Å²) in [5.74, 6) is 1.75. The van der Waals surface area contributed by atoms with Crippen molar-refractivity contribution in [1.29, 1.82) is 0 Å². The fraction of sp³-hybridized carbons (Fsp3) is 0.667. The van der Waals surface area contributed by atoms with E-state index in [2.05, 4.69) is 51.6 Å². The molecule has 1 fully saturated rings. The minimum atomic E-state index is 0. The maximum absolute atomic E-state index is 4.28. The van der Waals surface area contributed by atoms with Crippen LogP contribution in [0.15, 0.2) is 29.5 Å². The third-order valence-corrected chi connectivity index (χ3v) is 3.86.